The van der Waals surface area contributed by atoms with Gasteiger partial charge in [0, 0.05) is 17.1 Å². The Hall–Kier alpha value is -4.28. The first-order valence-electron chi connectivity index (χ1n) is 12.4. The SMILES string of the molecule is CC(=O)c1ccc(-c2ccc(O)c3c2C[C@H]2C[C@H]4[C@H](N(C)C)C(O)=C(C(N)=O)C(=O)[C@@]4(O)C(O)=C2C3=O)cc1. The number of hydrogen-bond donors (Lipinski definition) is 5. The summed E-state index contributed by atoms with van der Waals surface area (Å²) in [5, 5.41) is 44.6. The number of carbonyl (C=O) groups is 4. The number of phenols is 1. The minimum absolute atomic E-state index is 0.00410. The van der Waals surface area contributed by atoms with Crippen LogP contribution in [0.1, 0.15) is 39.6 Å². The fourth-order valence-corrected chi connectivity index (χ4v) is 6.41. The van der Waals surface area contributed by atoms with Gasteiger partial charge in [0.25, 0.3) is 5.91 Å². The van der Waals surface area contributed by atoms with Gasteiger partial charge in [0.1, 0.15) is 22.8 Å². The number of nitrogens with zero attached hydrogens (tertiary/aromatic N) is 1. The number of allylic oxidation sites excluding steroid dienone is 1. The van der Waals surface area contributed by atoms with Crippen LogP contribution in [0, 0.1) is 11.8 Å². The molecule has 6 N–H and O–H groups in total. The molecule has 2 aromatic carbocycles. The molecule has 0 saturated heterocycles. The van der Waals surface area contributed by atoms with Gasteiger partial charge in [-0.3, -0.25) is 24.1 Å². The third-order valence-corrected chi connectivity index (χ3v) is 8.21. The Labute approximate surface area is 223 Å². The Morgan fingerprint density at radius 2 is 1.67 bits per heavy atom. The fraction of sp³-hybridized carbons (Fsp3) is 0.310. The van der Waals surface area contributed by atoms with Crippen LogP contribution in [0.25, 0.3) is 11.1 Å². The summed E-state index contributed by atoms with van der Waals surface area (Å²) in [5.74, 6) is -7.02. The number of hydrogen-bond acceptors (Lipinski definition) is 9. The van der Waals surface area contributed by atoms with Crippen molar-refractivity contribution in [2.24, 2.45) is 17.6 Å². The van der Waals surface area contributed by atoms with Gasteiger partial charge >= 0.3 is 0 Å². The van der Waals surface area contributed by atoms with Gasteiger partial charge in [-0.05, 0) is 62.5 Å². The number of fused-ring (bicyclic) bond motifs is 3. The minimum Gasteiger partial charge on any atom is -0.510 e. The summed E-state index contributed by atoms with van der Waals surface area (Å²) in [7, 11) is 3.16. The average molecular weight is 533 g/mol. The molecule has 0 unspecified atom stereocenters. The highest BCUT2D eigenvalue weighted by Gasteiger charge is 2.63. The lowest BCUT2D eigenvalue weighted by atomic mass is 9.58. The van der Waals surface area contributed by atoms with Crippen molar-refractivity contribution in [2.45, 2.75) is 31.4 Å². The average Bonchev–Trinajstić information content (AvgIpc) is 2.86. The van der Waals surface area contributed by atoms with Gasteiger partial charge in [-0.1, -0.05) is 30.3 Å². The second-order valence-electron chi connectivity index (χ2n) is 10.6. The monoisotopic (exact) mass is 532 g/mol. The van der Waals surface area contributed by atoms with Crippen LogP contribution in [0.3, 0.4) is 0 Å². The largest absolute Gasteiger partial charge is 0.510 e. The lowest BCUT2D eigenvalue weighted by molar-refractivity contribution is -0.148. The number of likely N-dealkylation sites (N-methyl/N-ethyl adjacent to an activating group) is 1. The number of rotatable bonds is 4. The van der Waals surface area contributed by atoms with Gasteiger partial charge in [-0.25, -0.2) is 0 Å². The van der Waals surface area contributed by atoms with Crippen molar-refractivity contribution < 1.29 is 39.6 Å². The number of aliphatic hydroxyl groups is 3. The second-order valence-corrected chi connectivity index (χ2v) is 10.6. The zero-order chi connectivity index (χ0) is 28.5. The highest BCUT2D eigenvalue weighted by molar-refractivity contribution is 6.25. The standard InChI is InChI=1S/C29H28N2O8/c1-12(32)13-4-6-14(7-5-13)16-8-9-19(33)21-17(16)10-15-11-18-23(31(2)3)25(35)22(28(30)38)27(37)29(18,39)26(36)20(15)24(21)34/h4-9,15,18,23,33,35-36,39H,10-11H2,1-3H3,(H2,30,38)/t15-,18-,23-,29-/m0/s1. The van der Waals surface area contributed by atoms with Crippen LogP contribution >= 0.6 is 0 Å². The van der Waals surface area contributed by atoms with Gasteiger partial charge in [-0.2, -0.15) is 0 Å². The van der Waals surface area contributed by atoms with Crippen LogP contribution in [0.4, 0.5) is 0 Å². The van der Waals surface area contributed by atoms with E-state index in [0.29, 0.717) is 22.3 Å². The molecule has 0 aromatic heterocycles. The summed E-state index contributed by atoms with van der Waals surface area (Å²) < 4.78 is 0. The molecular formula is C29H28N2O8. The van der Waals surface area contributed by atoms with Crippen LogP contribution in [-0.4, -0.2) is 74.3 Å². The van der Waals surface area contributed by atoms with Crippen molar-refractivity contribution >= 4 is 23.3 Å². The van der Waals surface area contributed by atoms with Crippen molar-refractivity contribution in [1.29, 1.82) is 0 Å². The molecule has 0 fully saturated rings. The molecule has 0 saturated carbocycles. The summed E-state index contributed by atoms with van der Waals surface area (Å²) in [6.45, 7) is 1.46. The summed E-state index contributed by atoms with van der Waals surface area (Å²) >= 11 is 0. The third-order valence-electron chi connectivity index (χ3n) is 8.21. The number of benzene rings is 2. The maximum atomic E-state index is 13.8. The number of ketones is 3. The molecule has 0 radical (unpaired) electrons. The van der Waals surface area contributed by atoms with E-state index in [9.17, 15) is 39.6 Å². The molecule has 39 heavy (non-hydrogen) atoms. The van der Waals surface area contributed by atoms with E-state index in [1.807, 2.05) is 0 Å². The fourth-order valence-electron chi connectivity index (χ4n) is 6.41. The number of aromatic hydroxyl groups is 1. The van der Waals surface area contributed by atoms with E-state index in [0.717, 1.165) is 0 Å². The Balaban J connectivity index is 1.70. The molecule has 1 amide bonds. The van der Waals surface area contributed by atoms with Gasteiger partial charge in [-0.15, -0.1) is 0 Å². The molecule has 0 aliphatic heterocycles. The molecular weight excluding hydrogens is 504 g/mol. The Kier molecular flexibility index (Phi) is 6.00. The minimum atomic E-state index is -2.68. The lowest BCUT2D eigenvalue weighted by Crippen LogP contribution is -2.63. The normalized spacial score (nSPS) is 26.3. The van der Waals surface area contributed by atoms with E-state index in [4.69, 9.17) is 5.73 Å². The first-order chi connectivity index (χ1) is 18.3. The number of carbonyl (C=O) groups excluding carboxylic acids is 4. The van der Waals surface area contributed by atoms with E-state index in [1.165, 1.54) is 17.9 Å². The summed E-state index contributed by atoms with van der Waals surface area (Å²) in [6.07, 6.45) is 0.177. The summed E-state index contributed by atoms with van der Waals surface area (Å²) in [5.41, 5.74) is 3.94. The molecule has 5 rings (SSSR count). The van der Waals surface area contributed by atoms with Crippen molar-refractivity contribution in [1.82, 2.24) is 4.90 Å². The maximum absolute atomic E-state index is 13.8. The maximum Gasteiger partial charge on any atom is 0.255 e. The number of primary amides is 1. The lowest BCUT2D eigenvalue weighted by Gasteiger charge is -2.50. The zero-order valence-electron chi connectivity index (χ0n) is 21.6. The van der Waals surface area contributed by atoms with Crippen LogP contribution in [-0.2, 0) is 16.0 Å². The van der Waals surface area contributed by atoms with Crippen LogP contribution < -0.4 is 5.73 Å². The van der Waals surface area contributed by atoms with Gasteiger partial charge in [0.15, 0.2) is 17.2 Å². The Bertz CT molecular complexity index is 1540. The van der Waals surface area contributed by atoms with Crippen molar-refractivity contribution in [3.05, 3.63) is 75.8 Å². The van der Waals surface area contributed by atoms with Gasteiger partial charge in [0.05, 0.1) is 11.6 Å². The molecule has 0 bridgehead atoms. The number of phenolic OH excluding ortho intramolecular Hbond substituents is 1. The summed E-state index contributed by atoms with van der Waals surface area (Å²) in [4.78, 5) is 52.5. The molecule has 0 spiro atoms. The Morgan fingerprint density at radius 1 is 1.03 bits per heavy atom. The van der Waals surface area contributed by atoms with Gasteiger partial charge in [0.2, 0.25) is 5.78 Å². The topological polar surface area (TPSA) is 178 Å². The van der Waals surface area contributed by atoms with Crippen molar-refractivity contribution in [3.63, 3.8) is 0 Å². The van der Waals surface area contributed by atoms with Crippen molar-refractivity contribution in [2.75, 3.05) is 14.1 Å². The van der Waals surface area contributed by atoms with Gasteiger partial charge < -0.3 is 26.2 Å². The van der Waals surface area contributed by atoms with E-state index < -0.39 is 58.0 Å². The summed E-state index contributed by atoms with van der Waals surface area (Å²) in [6, 6.07) is 8.78. The first kappa shape index (κ1) is 26.3. The van der Waals surface area contributed by atoms with Crippen LogP contribution in [0.2, 0.25) is 0 Å². The van der Waals surface area contributed by atoms with Crippen LogP contribution in [0.15, 0.2) is 59.1 Å². The highest BCUT2D eigenvalue weighted by Crippen LogP contribution is 2.53. The third kappa shape index (κ3) is 3.63. The molecule has 10 heteroatoms. The van der Waals surface area contributed by atoms with E-state index in [2.05, 4.69) is 0 Å². The zero-order valence-corrected chi connectivity index (χ0v) is 21.6. The molecule has 4 atom stereocenters. The highest BCUT2D eigenvalue weighted by atomic mass is 16.3. The predicted molar refractivity (Wildman–Crippen MR) is 139 cm³/mol. The molecule has 10 nitrogen and oxygen atoms in total. The number of amides is 1. The van der Waals surface area contributed by atoms with E-state index in [1.54, 1.807) is 44.4 Å². The van der Waals surface area contributed by atoms with E-state index >= 15 is 0 Å². The Morgan fingerprint density at radius 3 is 2.23 bits per heavy atom. The number of nitrogens with two attached hydrogens (primary N) is 1. The molecule has 0 heterocycles. The number of aliphatic hydroxyl groups excluding tert-OH is 2. The number of Topliss-reactive ketones (excluding diaryl/α,β-unsaturated/α-hetero) is 3. The first-order valence-corrected chi connectivity index (χ1v) is 12.4. The quantitative estimate of drug-likeness (QED) is 0.291. The van der Waals surface area contributed by atoms with E-state index in [-0.39, 0.29) is 35.5 Å². The molecule has 3 aliphatic carbocycles. The predicted octanol–water partition coefficient (Wildman–Crippen LogP) is 1.99. The smallest absolute Gasteiger partial charge is 0.255 e. The molecule has 202 valence electrons. The molecule has 3 aliphatic rings. The van der Waals surface area contributed by atoms with Crippen LogP contribution in [0.5, 0.6) is 5.75 Å². The molecule has 2 aromatic rings. The second kappa shape index (κ2) is 8.89. The van der Waals surface area contributed by atoms with Crippen molar-refractivity contribution in [3.8, 4) is 16.9 Å².